The van der Waals surface area contributed by atoms with Crippen LogP contribution in [-0.2, 0) is 9.47 Å². The van der Waals surface area contributed by atoms with Crippen LogP contribution in [0.25, 0.3) is 11.1 Å². The zero-order chi connectivity index (χ0) is 34.7. The Labute approximate surface area is 297 Å². The first-order valence-corrected chi connectivity index (χ1v) is 17.7. The highest BCUT2D eigenvalue weighted by molar-refractivity contribution is 6.21. The summed E-state index contributed by atoms with van der Waals surface area (Å²) in [7, 11) is 0. The third-order valence-electron chi connectivity index (χ3n) is 9.78. The Hall–Kier alpha value is -5.36. The van der Waals surface area contributed by atoms with Gasteiger partial charge < -0.3 is 23.7 Å². The first kappa shape index (κ1) is 32.8. The Morgan fingerprint density at radius 1 is 0.725 bits per heavy atom. The minimum absolute atomic E-state index is 0.0194. The van der Waals surface area contributed by atoms with Gasteiger partial charge in [-0.25, -0.2) is 0 Å². The molecule has 2 fully saturated rings. The highest BCUT2D eigenvalue weighted by Gasteiger charge is 2.34. The summed E-state index contributed by atoms with van der Waals surface area (Å²) in [5.74, 6) is 7.78. The van der Waals surface area contributed by atoms with Gasteiger partial charge in [0.2, 0.25) is 0 Å². The van der Waals surface area contributed by atoms with E-state index in [1.165, 1.54) is 4.90 Å². The predicted molar refractivity (Wildman–Crippen MR) is 192 cm³/mol. The molecular formula is C43H39NO7. The summed E-state index contributed by atoms with van der Waals surface area (Å²) in [4.78, 5) is 26.7. The number of allylic oxidation sites excluding steroid dienone is 1. The van der Waals surface area contributed by atoms with Crippen molar-refractivity contribution in [3.63, 3.8) is 0 Å². The molecule has 0 aliphatic carbocycles. The molecule has 3 unspecified atom stereocenters. The van der Waals surface area contributed by atoms with Gasteiger partial charge in [0.05, 0.1) is 30.9 Å². The maximum absolute atomic E-state index is 12.8. The number of hydrogen-bond acceptors (Lipinski definition) is 7. The minimum atomic E-state index is -0.410. The first-order chi connectivity index (χ1) is 25.0. The first-order valence-electron chi connectivity index (χ1n) is 17.7. The van der Waals surface area contributed by atoms with E-state index in [0.717, 1.165) is 89.2 Å². The highest BCUT2D eigenvalue weighted by atomic mass is 16.7. The molecular weight excluding hydrogens is 642 g/mol. The second kappa shape index (κ2) is 14.5. The Balaban J connectivity index is 1.07. The number of carbonyl (C=O) groups is 2. The standard InChI is InChI=1S/C43H39NO7/c1-28-36-27-33(50-39-16-5-7-25-48-39)21-22-37(36)51-41(40(28)31-11-8-12-32(26-31)49-38-15-4-6-24-47-38)30-19-17-29(18-20-30)10-9-23-44-42(45)34-13-2-3-14-35(34)43(44)46/h2-3,8,11-14,17-22,26-27,38-39,41H,4-7,15-16,23-25H2,1H3. The smallest absolute Gasteiger partial charge is 0.262 e. The van der Waals surface area contributed by atoms with E-state index in [2.05, 4.69) is 30.9 Å². The molecule has 0 bridgehead atoms. The van der Waals surface area contributed by atoms with Crippen molar-refractivity contribution in [2.45, 2.75) is 64.1 Å². The number of nitrogens with zero attached hydrogens (tertiary/aromatic N) is 1. The van der Waals surface area contributed by atoms with Gasteiger partial charge in [0.1, 0.15) is 23.4 Å². The third kappa shape index (κ3) is 6.88. The molecule has 4 aromatic carbocycles. The molecule has 4 aromatic rings. The van der Waals surface area contributed by atoms with Crippen LogP contribution in [0, 0.1) is 11.8 Å². The van der Waals surface area contributed by atoms with Crippen LogP contribution in [-0.4, -0.2) is 49.1 Å². The second-order valence-electron chi connectivity index (χ2n) is 13.2. The Morgan fingerprint density at radius 2 is 1.39 bits per heavy atom. The molecule has 0 saturated carbocycles. The van der Waals surface area contributed by atoms with E-state index < -0.39 is 6.10 Å². The van der Waals surface area contributed by atoms with Crippen molar-refractivity contribution in [1.82, 2.24) is 4.90 Å². The van der Waals surface area contributed by atoms with Crippen LogP contribution in [0.15, 0.2) is 91.0 Å². The number of fused-ring (bicyclic) bond motifs is 2. The fourth-order valence-corrected chi connectivity index (χ4v) is 7.10. The maximum Gasteiger partial charge on any atom is 0.262 e. The molecule has 2 saturated heterocycles. The lowest BCUT2D eigenvalue weighted by Crippen LogP contribution is -2.29. The van der Waals surface area contributed by atoms with E-state index in [0.29, 0.717) is 24.3 Å². The topological polar surface area (TPSA) is 83.5 Å². The van der Waals surface area contributed by atoms with Crippen molar-refractivity contribution >= 4 is 23.0 Å². The summed E-state index contributed by atoms with van der Waals surface area (Å²) >= 11 is 0. The van der Waals surface area contributed by atoms with Crippen LogP contribution in [0.4, 0.5) is 0 Å². The maximum atomic E-state index is 12.8. The quantitative estimate of drug-likeness (QED) is 0.144. The SMILES string of the molecule is CC1=C(c2cccc(OC3CCCCO3)c2)C(c2ccc(C#CCN3C(=O)c4ccccc4C3=O)cc2)Oc2ccc(OC3CCCCO3)cc21. The number of hydrogen-bond donors (Lipinski definition) is 0. The lowest BCUT2D eigenvalue weighted by Gasteiger charge is -2.32. The van der Waals surface area contributed by atoms with Crippen molar-refractivity contribution in [2.24, 2.45) is 0 Å². The Kier molecular flexibility index (Phi) is 9.31. The number of rotatable bonds is 7. The number of benzene rings is 4. The zero-order valence-corrected chi connectivity index (χ0v) is 28.6. The van der Waals surface area contributed by atoms with Gasteiger partial charge in [-0.3, -0.25) is 14.5 Å². The van der Waals surface area contributed by atoms with E-state index in [9.17, 15) is 9.59 Å². The lowest BCUT2D eigenvalue weighted by atomic mass is 9.86. The molecule has 4 aliphatic heterocycles. The third-order valence-corrected chi connectivity index (χ3v) is 9.78. The Morgan fingerprint density at radius 3 is 2.04 bits per heavy atom. The van der Waals surface area contributed by atoms with Crippen molar-refractivity contribution in [2.75, 3.05) is 19.8 Å². The van der Waals surface area contributed by atoms with Gasteiger partial charge in [0, 0.05) is 29.5 Å². The Bertz CT molecular complexity index is 2010. The van der Waals surface area contributed by atoms with Gasteiger partial charge in [-0.05, 0) is 104 Å². The molecule has 258 valence electrons. The molecule has 0 aromatic heterocycles. The fourth-order valence-electron chi connectivity index (χ4n) is 7.10. The molecule has 0 N–H and O–H groups in total. The van der Waals surface area contributed by atoms with E-state index in [4.69, 9.17) is 23.7 Å². The van der Waals surface area contributed by atoms with Gasteiger partial charge >= 0.3 is 0 Å². The molecule has 8 heteroatoms. The van der Waals surface area contributed by atoms with Crippen LogP contribution >= 0.6 is 0 Å². The molecule has 2 amide bonds. The van der Waals surface area contributed by atoms with E-state index in [1.54, 1.807) is 24.3 Å². The van der Waals surface area contributed by atoms with Crippen molar-refractivity contribution in [1.29, 1.82) is 0 Å². The molecule has 4 aliphatic rings. The van der Waals surface area contributed by atoms with Crippen LogP contribution in [0.5, 0.6) is 17.2 Å². The van der Waals surface area contributed by atoms with Crippen molar-refractivity contribution in [3.8, 4) is 29.1 Å². The van der Waals surface area contributed by atoms with Crippen LogP contribution in [0.1, 0.15) is 94.5 Å². The second-order valence-corrected chi connectivity index (χ2v) is 13.2. The van der Waals surface area contributed by atoms with Gasteiger partial charge in [-0.15, -0.1) is 0 Å². The van der Waals surface area contributed by atoms with Crippen molar-refractivity contribution in [3.05, 3.63) is 124 Å². The average molecular weight is 682 g/mol. The van der Waals surface area contributed by atoms with Gasteiger partial charge in [-0.1, -0.05) is 48.2 Å². The number of carbonyl (C=O) groups excluding carboxylic acids is 2. The van der Waals surface area contributed by atoms with Gasteiger partial charge in [0.25, 0.3) is 11.8 Å². The van der Waals surface area contributed by atoms with Gasteiger partial charge in [-0.2, -0.15) is 0 Å². The summed E-state index contributed by atoms with van der Waals surface area (Å²) in [5.41, 5.74) is 6.62. The zero-order valence-electron chi connectivity index (χ0n) is 28.6. The lowest BCUT2D eigenvalue weighted by molar-refractivity contribution is -0.106. The molecule has 8 nitrogen and oxygen atoms in total. The molecule has 51 heavy (non-hydrogen) atoms. The number of amides is 2. The monoisotopic (exact) mass is 681 g/mol. The molecule has 8 rings (SSSR count). The fraction of sp³-hybridized carbons (Fsp3) is 0.302. The number of imide groups is 1. The average Bonchev–Trinajstić information content (AvgIpc) is 3.41. The van der Waals surface area contributed by atoms with Crippen LogP contribution in [0.3, 0.4) is 0 Å². The van der Waals surface area contributed by atoms with E-state index in [-0.39, 0.29) is 30.9 Å². The predicted octanol–water partition coefficient (Wildman–Crippen LogP) is 8.21. The molecule has 0 spiro atoms. The minimum Gasteiger partial charge on any atom is -0.480 e. The molecule has 3 atom stereocenters. The normalized spacial score (nSPS) is 21.3. The summed E-state index contributed by atoms with van der Waals surface area (Å²) in [6, 6.07) is 28.9. The molecule has 4 heterocycles. The molecule has 0 radical (unpaired) electrons. The summed E-state index contributed by atoms with van der Waals surface area (Å²) in [6.07, 6.45) is 5.11. The van der Waals surface area contributed by atoms with Crippen LogP contribution in [0.2, 0.25) is 0 Å². The van der Waals surface area contributed by atoms with E-state index >= 15 is 0 Å². The highest BCUT2D eigenvalue weighted by Crippen LogP contribution is 2.48. The van der Waals surface area contributed by atoms with Crippen molar-refractivity contribution < 1.29 is 33.3 Å². The van der Waals surface area contributed by atoms with Gasteiger partial charge in [0.15, 0.2) is 12.6 Å². The van der Waals surface area contributed by atoms with E-state index in [1.807, 2.05) is 54.6 Å². The number of ether oxygens (including phenoxy) is 5. The largest absolute Gasteiger partial charge is 0.480 e. The van der Waals surface area contributed by atoms with Crippen LogP contribution < -0.4 is 14.2 Å². The summed E-state index contributed by atoms with van der Waals surface area (Å²) in [6.45, 7) is 3.57. The summed E-state index contributed by atoms with van der Waals surface area (Å²) in [5, 5.41) is 0. The summed E-state index contributed by atoms with van der Waals surface area (Å²) < 4.78 is 31.0.